The van der Waals surface area contributed by atoms with Gasteiger partial charge in [0.1, 0.15) is 61.4 Å². The van der Waals surface area contributed by atoms with Crippen LogP contribution in [0.3, 0.4) is 0 Å². The second-order valence-electron chi connectivity index (χ2n) is 21.4. The molecule has 4 aliphatic rings. The van der Waals surface area contributed by atoms with Crippen LogP contribution in [0, 0.1) is 46.3 Å². The molecule has 4 fully saturated rings. The van der Waals surface area contributed by atoms with E-state index in [4.69, 9.17) is 23.7 Å². The minimum Gasteiger partial charge on any atom is -0.486 e. The first kappa shape index (κ1) is 49.6. The van der Waals surface area contributed by atoms with Crippen molar-refractivity contribution in [1.82, 2.24) is 30.0 Å². The fourth-order valence-electron chi connectivity index (χ4n) is 14.0. The Hall–Kier alpha value is -6.97. The average Bonchev–Trinajstić information content (AvgIpc) is 4.16. The number of nitrogens with zero attached hydrogens (tertiary/aromatic N) is 6. The van der Waals surface area contributed by atoms with Crippen LogP contribution in [0.15, 0.2) is 85.2 Å². The Bertz CT molecular complexity index is 3020. The zero-order chi connectivity index (χ0) is 50.9. The molecule has 4 aromatic carbocycles. The molecule has 4 aliphatic carbocycles. The Morgan fingerprint density at radius 2 is 1.29 bits per heavy atom. The van der Waals surface area contributed by atoms with Gasteiger partial charge in [-0.1, -0.05) is 91.9 Å². The van der Waals surface area contributed by atoms with E-state index >= 15 is 0 Å². The van der Waals surface area contributed by atoms with Crippen molar-refractivity contribution in [3.63, 3.8) is 0 Å². The number of benzene rings is 4. The molecule has 2 heterocycles. The number of hydrogen-bond acceptors (Lipinski definition) is 14. The summed E-state index contributed by atoms with van der Waals surface area (Å²) in [5, 5.41) is 20.4. The molecular formula is C57H64N6O10. The zero-order valence-electron chi connectivity index (χ0n) is 42.0. The van der Waals surface area contributed by atoms with Crippen LogP contribution >= 0.6 is 0 Å². The van der Waals surface area contributed by atoms with Gasteiger partial charge in [-0.15, -0.1) is 10.2 Å². The van der Waals surface area contributed by atoms with Gasteiger partial charge in [-0.2, -0.15) is 0 Å². The number of rotatable bonds is 18. The number of fused-ring (bicyclic) bond motifs is 7. The molecule has 0 spiro atoms. The van der Waals surface area contributed by atoms with Crippen LogP contribution in [-0.4, -0.2) is 79.8 Å². The van der Waals surface area contributed by atoms with E-state index in [0.717, 1.165) is 85.5 Å². The van der Waals surface area contributed by atoms with Crippen LogP contribution in [0.2, 0.25) is 0 Å². The minimum absolute atomic E-state index is 0.0441. The average molecular weight is 993 g/mol. The van der Waals surface area contributed by atoms with E-state index in [1.807, 2.05) is 60.7 Å². The highest BCUT2D eigenvalue weighted by atomic mass is 16.6. The predicted octanol–water partition coefficient (Wildman–Crippen LogP) is 9.34. The molecule has 73 heavy (non-hydrogen) atoms. The number of carbonyl (C=O) groups is 5. The monoisotopic (exact) mass is 992 g/mol. The van der Waals surface area contributed by atoms with Crippen LogP contribution in [0.1, 0.15) is 117 Å². The third-order valence-corrected chi connectivity index (χ3v) is 17.7. The first-order valence-electron chi connectivity index (χ1n) is 25.8. The van der Waals surface area contributed by atoms with Crippen molar-refractivity contribution in [3.05, 3.63) is 108 Å². The molecule has 0 bridgehead atoms. The molecule has 0 amide bonds. The lowest BCUT2D eigenvalue weighted by atomic mass is 9.43. The summed E-state index contributed by atoms with van der Waals surface area (Å²) in [4.78, 5) is 64.0. The Morgan fingerprint density at radius 3 is 1.88 bits per heavy atom. The van der Waals surface area contributed by atoms with Crippen molar-refractivity contribution in [2.24, 2.45) is 46.3 Å². The third kappa shape index (κ3) is 9.84. The number of ether oxygens (including phenoxy) is 5. The lowest BCUT2D eigenvalue weighted by Crippen LogP contribution is -2.59. The van der Waals surface area contributed by atoms with Crippen LogP contribution in [0.25, 0.3) is 21.5 Å². The van der Waals surface area contributed by atoms with Crippen LogP contribution < -0.4 is 9.47 Å². The lowest BCUT2D eigenvalue weighted by Gasteiger charge is -2.62. The number of aromatic nitrogens is 6. The number of esters is 3. The third-order valence-electron chi connectivity index (χ3n) is 17.7. The molecular weight excluding hydrogens is 929 g/mol. The molecule has 0 radical (unpaired) electrons. The van der Waals surface area contributed by atoms with Gasteiger partial charge < -0.3 is 23.7 Å². The standard InChI is InChI=1S/C57H64N6O10/c1-35(13-22-53(66)69-4)47-18-19-48-44-17-16-38-25-41(72-54(67)29-62-27-39(58-60-62)33-70-50-20-14-36-9-5-7-11-42(36)45(50)31-64)23-24-56(38,2)49(44)26-52(57(47,48)3)73-55(68)30-63-28-40(59-61-63)34-71-51-21-15-37-10-6-8-12-43(37)46(51)32-65/h5-12,14-15,20-21,27-28,31-32,35,38,41,44,47-49,52H,13,16-19,22-26,29-30,33-34H2,1-4H3/t35-,38-,41-,44+,47-,48+,49+,52+,56+,57-/m1/s1. The summed E-state index contributed by atoms with van der Waals surface area (Å²) in [5.74, 6) is 1.79. The van der Waals surface area contributed by atoms with Crippen molar-refractivity contribution in [2.75, 3.05) is 7.11 Å². The molecule has 0 N–H and O–H groups in total. The van der Waals surface area contributed by atoms with Crippen LogP contribution in [0.4, 0.5) is 0 Å². The summed E-state index contributed by atoms with van der Waals surface area (Å²) in [6, 6.07) is 22.6. The Morgan fingerprint density at radius 1 is 0.699 bits per heavy atom. The molecule has 10 rings (SSSR count). The maximum absolute atomic E-state index is 14.2. The smallest absolute Gasteiger partial charge is 0.328 e. The molecule has 10 atom stereocenters. The summed E-state index contributed by atoms with van der Waals surface area (Å²) >= 11 is 0. The zero-order valence-corrected chi connectivity index (χ0v) is 42.0. The Kier molecular flexibility index (Phi) is 14.2. The summed E-state index contributed by atoms with van der Waals surface area (Å²) in [7, 11) is 1.43. The fraction of sp³-hybridized carbons (Fsp3) is 0.491. The first-order valence-corrected chi connectivity index (χ1v) is 25.8. The second-order valence-corrected chi connectivity index (χ2v) is 21.4. The Balaban J connectivity index is 0.786. The van der Waals surface area contributed by atoms with E-state index in [9.17, 15) is 24.0 Å². The molecule has 2 aromatic heterocycles. The van der Waals surface area contributed by atoms with Crippen LogP contribution in [-0.2, 0) is 54.9 Å². The number of aldehydes is 2. The van der Waals surface area contributed by atoms with E-state index in [0.29, 0.717) is 70.5 Å². The van der Waals surface area contributed by atoms with Crippen LogP contribution in [0.5, 0.6) is 11.5 Å². The summed E-state index contributed by atoms with van der Waals surface area (Å²) < 4.78 is 32.9. The maximum atomic E-state index is 14.2. The number of hydrogen-bond donors (Lipinski definition) is 0. The predicted molar refractivity (Wildman–Crippen MR) is 268 cm³/mol. The fourth-order valence-corrected chi connectivity index (χ4v) is 14.0. The summed E-state index contributed by atoms with van der Waals surface area (Å²) in [6.07, 6.45) is 12.7. The molecule has 16 heteroatoms. The number of carbonyl (C=O) groups excluding carboxylic acids is 5. The van der Waals surface area contributed by atoms with E-state index in [1.54, 1.807) is 24.5 Å². The summed E-state index contributed by atoms with van der Waals surface area (Å²) in [6.45, 7) is 6.92. The van der Waals surface area contributed by atoms with Gasteiger partial charge >= 0.3 is 17.9 Å². The highest BCUT2D eigenvalue weighted by Gasteiger charge is 2.65. The Labute approximate surface area is 424 Å². The van der Waals surface area contributed by atoms with Crippen molar-refractivity contribution < 1.29 is 47.7 Å². The van der Waals surface area contributed by atoms with Gasteiger partial charge in [0.15, 0.2) is 12.6 Å². The van der Waals surface area contributed by atoms with Crippen molar-refractivity contribution in [3.8, 4) is 11.5 Å². The molecule has 6 aromatic rings. The van der Waals surface area contributed by atoms with Gasteiger partial charge in [0.25, 0.3) is 0 Å². The maximum Gasteiger partial charge on any atom is 0.328 e. The van der Waals surface area contributed by atoms with Crippen molar-refractivity contribution in [1.29, 1.82) is 0 Å². The second kappa shape index (κ2) is 20.9. The largest absolute Gasteiger partial charge is 0.486 e. The van der Waals surface area contributed by atoms with Gasteiger partial charge in [0, 0.05) is 11.8 Å². The quantitative estimate of drug-likeness (QED) is 0.0449. The minimum atomic E-state index is -0.386. The molecule has 0 unspecified atom stereocenters. The molecule has 0 saturated heterocycles. The van der Waals surface area contributed by atoms with Crippen molar-refractivity contribution in [2.45, 2.75) is 123 Å². The highest BCUT2D eigenvalue weighted by Crippen LogP contribution is 2.69. The molecule has 4 saturated carbocycles. The van der Waals surface area contributed by atoms with Gasteiger partial charge in [0.05, 0.1) is 30.6 Å². The van der Waals surface area contributed by atoms with E-state index < -0.39 is 0 Å². The van der Waals surface area contributed by atoms with Crippen molar-refractivity contribution >= 4 is 52.0 Å². The summed E-state index contributed by atoms with van der Waals surface area (Å²) in [5.41, 5.74) is 1.60. The van der Waals surface area contributed by atoms with E-state index in [2.05, 4.69) is 41.4 Å². The van der Waals surface area contributed by atoms with Gasteiger partial charge in [-0.3, -0.25) is 24.0 Å². The van der Waals surface area contributed by atoms with E-state index in [1.165, 1.54) is 16.5 Å². The highest BCUT2D eigenvalue weighted by molar-refractivity contribution is 6.01. The first-order chi connectivity index (χ1) is 35.4. The topological polar surface area (TPSA) is 193 Å². The van der Waals surface area contributed by atoms with Gasteiger partial charge in [-0.05, 0) is 132 Å². The lowest BCUT2D eigenvalue weighted by molar-refractivity contribution is -0.200. The molecule has 0 aliphatic heterocycles. The normalized spacial score (nSPS) is 26.7. The SMILES string of the molecule is COC(=O)CC[C@@H](C)[C@H]1CC[C@H]2[C@@H]3CC[C@@H]4C[C@H](OC(=O)Cn5cc(COc6ccc7ccccc7c6C=O)nn5)CC[C@]4(C)[C@H]3C[C@H](OC(=O)Cn3cc(COc4ccc5ccccc5c4C=O)nn3)[C@]12C. The van der Waals surface area contributed by atoms with Gasteiger partial charge in [0.2, 0.25) is 0 Å². The molecule has 382 valence electrons. The number of methoxy groups -OCH3 is 1. The van der Waals surface area contributed by atoms with Gasteiger partial charge in [-0.25, -0.2) is 9.36 Å². The molecule has 16 nitrogen and oxygen atoms in total. The van der Waals surface area contributed by atoms with E-state index in [-0.39, 0.29) is 79.1 Å².